The highest BCUT2D eigenvalue weighted by Gasteiger charge is 2.23. The van der Waals surface area contributed by atoms with Gasteiger partial charge in [0.1, 0.15) is 18.7 Å². The summed E-state index contributed by atoms with van der Waals surface area (Å²) in [6.07, 6.45) is 6.20. The van der Waals surface area contributed by atoms with E-state index in [9.17, 15) is 14.4 Å². The molecule has 0 spiro atoms. The number of ketones is 2. The highest BCUT2D eigenvalue weighted by atomic mass is 35.5. The van der Waals surface area contributed by atoms with Gasteiger partial charge in [-0.15, -0.1) is 0 Å². The third-order valence-corrected chi connectivity index (χ3v) is 7.67. The molecule has 0 saturated carbocycles. The van der Waals surface area contributed by atoms with Gasteiger partial charge in [0.25, 0.3) is 0 Å². The molecular weight excluding hydrogens is 581 g/mol. The number of aromatic nitrogens is 3. The van der Waals surface area contributed by atoms with Crippen LogP contribution in [0.25, 0.3) is 22.0 Å². The molecule has 2 aromatic heterocycles. The minimum absolute atomic E-state index is 0.0785. The van der Waals surface area contributed by atoms with Gasteiger partial charge in [-0.1, -0.05) is 48.0 Å². The Bertz CT molecular complexity index is 1860. The van der Waals surface area contributed by atoms with E-state index in [1.54, 1.807) is 65.6 Å². The Morgan fingerprint density at radius 3 is 2.41 bits per heavy atom. The van der Waals surface area contributed by atoms with Gasteiger partial charge in [-0.05, 0) is 50.6 Å². The summed E-state index contributed by atoms with van der Waals surface area (Å²) in [7, 11) is 0. The van der Waals surface area contributed by atoms with Crippen LogP contribution in [0.2, 0.25) is 5.02 Å². The fraction of sp³-hybridized carbons (Fsp3) is 0.206. The van der Waals surface area contributed by atoms with Crippen molar-refractivity contribution >= 4 is 51.4 Å². The molecule has 0 bridgehead atoms. The number of rotatable bonds is 11. The van der Waals surface area contributed by atoms with Crippen LogP contribution >= 0.6 is 11.6 Å². The zero-order valence-electron chi connectivity index (χ0n) is 24.6. The average Bonchev–Trinajstić information content (AvgIpc) is 3.35. The van der Waals surface area contributed by atoms with Crippen molar-refractivity contribution in [3.63, 3.8) is 0 Å². The van der Waals surface area contributed by atoms with Crippen LogP contribution in [-0.4, -0.2) is 49.5 Å². The summed E-state index contributed by atoms with van der Waals surface area (Å²) in [6, 6.07) is 17.1. The molecule has 0 atom stereocenters. The zero-order chi connectivity index (χ0) is 31.4. The van der Waals surface area contributed by atoms with Gasteiger partial charge in [0, 0.05) is 57.0 Å². The lowest BCUT2D eigenvalue weighted by Gasteiger charge is -2.26. The topological polar surface area (TPSA) is 97.2 Å². The lowest BCUT2D eigenvalue weighted by Crippen LogP contribution is -2.42. The molecule has 1 amide bonds. The van der Waals surface area contributed by atoms with E-state index in [1.807, 2.05) is 32.0 Å². The van der Waals surface area contributed by atoms with Crippen molar-refractivity contribution in [3.05, 3.63) is 108 Å². The number of nitrogens with one attached hydrogen (secondary N) is 1. The van der Waals surface area contributed by atoms with Crippen molar-refractivity contribution in [3.8, 4) is 11.1 Å². The Morgan fingerprint density at radius 1 is 0.977 bits per heavy atom. The second-order valence-corrected chi connectivity index (χ2v) is 11.2. The number of benzene rings is 3. The van der Waals surface area contributed by atoms with Crippen LogP contribution in [0.3, 0.4) is 0 Å². The maximum absolute atomic E-state index is 15.5. The fourth-order valence-electron chi connectivity index (χ4n) is 5.17. The molecule has 44 heavy (non-hydrogen) atoms. The Hall–Kier alpha value is -4.89. The number of anilines is 2. The number of hydrogen-bond donors (Lipinski definition) is 1. The van der Waals surface area contributed by atoms with Crippen LogP contribution in [-0.2, 0) is 22.6 Å². The summed E-state index contributed by atoms with van der Waals surface area (Å²) in [5, 5.41) is 4.32. The summed E-state index contributed by atoms with van der Waals surface area (Å²) in [5.74, 6) is -1.25. The van der Waals surface area contributed by atoms with E-state index in [0.717, 1.165) is 5.69 Å². The summed E-state index contributed by atoms with van der Waals surface area (Å²) >= 11 is 6.28. The first-order valence-corrected chi connectivity index (χ1v) is 14.5. The summed E-state index contributed by atoms with van der Waals surface area (Å²) in [4.78, 5) is 48.8. The molecule has 0 unspecified atom stereocenters. The van der Waals surface area contributed by atoms with E-state index in [0.29, 0.717) is 38.3 Å². The van der Waals surface area contributed by atoms with E-state index in [1.165, 1.54) is 18.2 Å². The van der Waals surface area contributed by atoms with Crippen LogP contribution in [0.15, 0.2) is 85.6 Å². The number of fused-ring (bicyclic) bond motifs is 1. The van der Waals surface area contributed by atoms with Gasteiger partial charge in [0.15, 0.2) is 11.6 Å². The Labute approximate surface area is 259 Å². The molecular formula is C34H31ClFN5O3. The van der Waals surface area contributed by atoms with Crippen LogP contribution in [0, 0.1) is 5.82 Å². The van der Waals surface area contributed by atoms with Gasteiger partial charge < -0.3 is 14.8 Å². The smallest absolute Gasteiger partial charge is 0.243 e. The molecule has 5 rings (SSSR count). The van der Waals surface area contributed by atoms with Crippen molar-refractivity contribution in [2.45, 2.75) is 39.8 Å². The van der Waals surface area contributed by atoms with Crippen LogP contribution in [0.5, 0.6) is 0 Å². The Morgan fingerprint density at radius 2 is 1.70 bits per heavy atom. The van der Waals surface area contributed by atoms with E-state index >= 15 is 4.39 Å². The number of carbonyl (C=O) groups is 3. The summed E-state index contributed by atoms with van der Waals surface area (Å²) in [6.45, 7) is 4.86. The quantitative estimate of drug-likeness (QED) is 0.163. The number of hydrogen-bond acceptors (Lipinski definition) is 6. The molecule has 2 heterocycles. The minimum atomic E-state index is -0.513. The van der Waals surface area contributed by atoms with Gasteiger partial charge in [-0.25, -0.2) is 14.4 Å². The first-order valence-electron chi connectivity index (χ1n) is 14.1. The zero-order valence-corrected chi connectivity index (χ0v) is 25.3. The number of amides is 1. The lowest BCUT2D eigenvalue weighted by atomic mass is 9.99. The second-order valence-electron chi connectivity index (χ2n) is 10.8. The predicted octanol–water partition coefficient (Wildman–Crippen LogP) is 6.89. The second kappa shape index (κ2) is 13.2. The van der Waals surface area contributed by atoms with Gasteiger partial charge in [0.2, 0.25) is 5.91 Å². The standard InChI is InChI=1S/C34H31ClFN5O3/c1-21(2)41(17-26(43)13-23-7-6-9-28(34(23)36)27-8-4-5-10-31(27)35)33(44)19-40-18-30(22(3)42)29-14-24(11-12-32(29)40)39-25-15-37-20-38-16-25/h4-12,14-16,18,20-21,39H,13,17,19H2,1-3H3. The molecule has 1 N–H and O–H groups in total. The first kappa shape index (κ1) is 30.6. The highest BCUT2D eigenvalue weighted by Crippen LogP contribution is 2.31. The number of nitrogens with zero attached hydrogens (tertiary/aromatic N) is 4. The molecule has 10 heteroatoms. The maximum Gasteiger partial charge on any atom is 0.243 e. The van der Waals surface area contributed by atoms with Crippen molar-refractivity contribution in [2.24, 2.45) is 0 Å². The van der Waals surface area contributed by atoms with Crippen LogP contribution in [0.4, 0.5) is 15.8 Å². The minimum Gasteiger partial charge on any atom is -0.353 e. The molecule has 0 radical (unpaired) electrons. The molecule has 0 aliphatic carbocycles. The Balaban J connectivity index is 1.34. The Kier molecular flexibility index (Phi) is 9.15. The van der Waals surface area contributed by atoms with Gasteiger partial charge in [0.05, 0.1) is 24.6 Å². The molecule has 0 aliphatic rings. The van der Waals surface area contributed by atoms with Gasteiger partial charge in [-0.2, -0.15) is 0 Å². The third kappa shape index (κ3) is 6.68. The molecule has 5 aromatic rings. The first-order chi connectivity index (χ1) is 21.1. The molecule has 0 saturated heterocycles. The van der Waals surface area contributed by atoms with Crippen LogP contribution in [0.1, 0.15) is 36.7 Å². The number of Topliss-reactive ketones (excluding diaryl/α,β-unsaturated/α-hetero) is 2. The van der Waals surface area contributed by atoms with Crippen molar-refractivity contribution in [1.29, 1.82) is 0 Å². The van der Waals surface area contributed by atoms with Crippen LogP contribution < -0.4 is 5.32 Å². The molecule has 0 aliphatic heterocycles. The monoisotopic (exact) mass is 611 g/mol. The van der Waals surface area contributed by atoms with Crippen molar-refractivity contribution in [2.75, 3.05) is 11.9 Å². The van der Waals surface area contributed by atoms with E-state index in [-0.39, 0.29) is 48.6 Å². The van der Waals surface area contributed by atoms with Gasteiger partial charge >= 0.3 is 0 Å². The molecule has 3 aromatic carbocycles. The molecule has 224 valence electrons. The summed E-state index contributed by atoms with van der Waals surface area (Å²) < 4.78 is 17.2. The number of halogens is 2. The average molecular weight is 612 g/mol. The number of carbonyl (C=O) groups excluding carboxylic acids is 3. The van der Waals surface area contributed by atoms with E-state index < -0.39 is 5.82 Å². The fourth-order valence-corrected chi connectivity index (χ4v) is 5.41. The predicted molar refractivity (Wildman–Crippen MR) is 170 cm³/mol. The van der Waals surface area contributed by atoms with E-state index in [4.69, 9.17) is 11.6 Å². The largest absolute Gasteiger partial charge is 0.353 e. The van der Waals surface area contributed by atoms with E-state index in [2.05, 4.69) is 15.3 Å². The molecule has 8 nitrogen and oxygen atoms in total. The van der Waals surface area contributed by atoms with Crippen molar-refractivity contribution < 1.29 is 18.8 Å². The highest BCUT2D eigenvalue weighted by molar-refractivity contribution is 6.33. The molecule has 0 fully saturated rings. The summed E-state index contributed by atoms with van der Waals surface area (Å²) in [5.41, 5.74) is 3.69. The SMILES string of the molecule is CC(=O)c1cn(CC(=O)N(CC(=O)Cc2cccc(-c3ccccc3Cl)c2F)C(C)C)c2ccc(Nc3cncnc3)cc12. The lowest BCUT2D eigenvalue weighted by molar-refractivity contribution is -0.137. The maximum atomic E-state index is 15.5. The third-order valence-electron chi connectivity index (χ3n) is 7.34. The normalized spacial score (nSPS) is 11.1. The van der Waals surface area contributed by atoms with Gasteiger partial charge in [-0.3, -0.25) is 14.4 Å². The van der Waals surface area contributed by atoms with Crippen molar-refractivity contribution in [1.82, 2.24) is 19.4 Å².